The molecule has 6 heteroatoms. The van der Waals surface area contributed by atoms with Gasteiger partial charge in [0.25, 0.3) is 5.91 Å². The fraction of sp³-hybridized carbons (Fsp3) is 0.727. The number of rotatable bonds is 5. The van der Waals surface area contributed by atoms with Crippen LogP contribution < -0.4 is 0 Å². The Morgan fingerprint density at radius 1 is 1.65 bits per heavy atom. The van der Waals surface area contributed by atoms with Crippen LogP contribution in [0.3, 0.4) is 0 Å². The van der Waals surface area contributed by atoms with Crippen molar-refractivity contribution in [3.8, 4) is 0 Å². The molecule has 0 radical (unpaired) electrons. The molecule has 0 aromatic carbocycles. The molecule has 1 aromatic heterocycles. The average molecular weight is 238 g/mol. The molecule has 6 nitrogen and oxygen atoms in total. The minimum atomic E-state index is -0.169. The standard InChI is InChI=1S/C11H18N4O2/c1-7(6-17-3)15(2)11(16)10-12-9(13-14-10)8-4-5-8/h7-8H,4-6H2,1-3H3,(H,12,13,14). The topological polar surface area (TPSA) is 71.1 Å². The number of carbonyl (C=O) groups excluding carboxylic acids is 1. The first-order chi connectivity index (χ1) is 8.13. The zero-order valence-electron chi connectivity index (χ0n) is 10.4. The van der Waals surface area contributed by atoms with E-state index in [9.17, 15) is 4.79 Å². The quantitative estimate of drug-likeness (QED) is 0.823. The molecule has 1 saturated carbocycles. The summed E-state index contributed by atoms with van der Waals surface area (Å²) >= 11 is 0. The van der Waals surface area contributed by atoms with E-state index < -0.39 is 0 Å². The van der Waals surface area contributed by atoms with Crippen LogP contribution in [0.2, 0.25) is 0 Å². The molecule has 1 aliphatic rings. The third-order valence-electron chi connectivity index (χ3n) is 3.05. The lowest BCUT2D eigenvalue weighted by molar-refractivity contribution is 0.0622. The molecule has 0 aliphatic heterocycles. The molecule has 1 unspecified atom stereocenters. The Balaban J connectivity index is 2.02. The molecule has 1 atom stereocenters. The third kappa shape index (κ3) is 2.63. The summed E-state index contributed by atoms with van der Waals surface area (Å²) in [6.07, 6.45) is 2.28. The van der Waals surface area contributed by atoms with Crippen LogP contribution in [0.25, 0.3) is 0 Å². The van der Waals surface area contributed by atoms with Gasteiger partial charge in [0.05, 0.1) is 12.6 Å². The monoisotopic (exact) mass is 238 g/mol. The van der Waals surface area contributed by atoms with E-state index in [1.807, 2.05) is 6.92 Å². The van der Waals surface area contributed by atoms with Crippen molar-refractivity contribution in [2.24, 2.45) is 0 Å². The van der Waals surface area contributed by atoms with Gasteiger partial charge in [-0.05, 0) is 19.8 Å². The van der Waals surface area contributed by atoms with E-state index in [1.54, 1.807) is 19.1 Å². The van der Waals surface area contributed by atoms with E-state index in [0.717, 1.165) is 18.7 Å². The minimum Gasteiger partial charge on any atom is -0.383 e. The predicted molar refractivity (Wildman–Crippen MR) is 61.8 cm³/mol. The number of methoxy groups -OCH3 is 1. The summed E-state index contributed by atoms with van der Waals surface area (Å²) in [5, 5.41) is 6.81. The summed E-state index contributed by atoms with van der Waals surface area (Å²) < 4.78 is 5.02. The van der Waals surface area contributed by atoms with Crippen molar-refractivity contribution in [3.63, 3.8) is 0 Å². The van der Waals surface area contributed by atoms with Crippen LogP contribution in [0.15, 0.2) is 0 Å². The van der Waals surface area contributed by atoms with Gasteiger partial charge in [0.2, 0.25) is 5.82 Å². The van der Waals surface area contributed by atoms with Crippen molar-refractivity contribution in [2.75, 3.05) is 20.8 Å². The lowest BCUT2D eigenvalue weighted by Crippen LogP contribution is -2.38. The first-order valence-corrected chi connectivity index (χ1v) is 5.82. The Morgan fingerprint density at radius 3 is 2.94 bits per heavy atom. The number of hydrogen-bond donors (Lipinski definition) is 1. The number of nitrogens with zero attached hydrogens (tertiary/aromatic N) is 3. The Morgan fingerprint density at radius 2 is 2.35 bits per heavy atom. The van der Waals surface area contributed by atoms with E-state index >= 15 is 0 Å². The Kier molecular flexibility index (Phi) is 3.42. The average Bonchev–Trinajstić information content (AvgIpc) is 3.06. The van der Waals surface area contributed by atoms with Gasteiger partial charge in [-0.1, -0.05) is 0 Å². The number of aromatic nitrogens is 3. The van der Waals surface area contributed by atoms with E-state index in [1.165, 1.54) is 0 Å². The highest BCUT2D eigenvalue weighted by atomic mass is 16.5. The molecule has 2 rings (SSSR count). The molecular formula is C11H18N4O2. The highest BCUT2D eigenvalue weighted by Gasteiger charge is 2.29. The van der Waals surface area contributed by atoms with Gasteiger partial charge in [0.15, 0.2) is 0 Å². The Bertz CT molecular complexity index is 400. The van der Waals surface area contributed by atoms with Crippen LogP contribution in [-0.2, 0) is 4.74 Å². The van der Waals surface area contributed by atoms with Crippen molar-refractivity contribution >= 4 is 5.91 Å². The number of amides is 1. The molecule has 0 spiro atoms. The highest BCUT2D eigenvalue weighted by Crippen LogP contribution is 2.37. The van der Waals surface area contributed by atoms with Crippen LogP contribution in [0.1, 0.15) is 42.1 Å². The number of nitrogens with one attached hydrogen (secondary N) is 1. The minimum absolute atomic E-state index is 0.00961. The Labute approximate surface area is 100 Å². The van der Waals surface area contributed by atoms with Gasteiger partial charge in [-0.3, -0.25) is 9.89 Å². The smallest absolute Gasteiger partial charge is 0.293 e. The van der Waals surface area contributed by atoms with Gasteiger partial charge < -0.3 is 9.64 Å². The van der Waals surface area contributed by atoms with Crippen LogP contribution >= 0.6 is 0 Å². The number of ether oxygens (including phenoxy) is 1. The van der Waals surface area contributed by atoms with Crippen molar-refractivity contribution in [1.29, 1.82) is 0 Å². The summed E-state index contributed by atoms with van der Waals surface area (Å²) in [5.74, 6) is 1.39. The lowest BCUT2D eigenvalue weighted by atomic mass is 10.3. The van der Waals surface area contributed by atoms with Crippen LogP contribution in [0.4, 0.5) is 0 Å². The van der Waals surface area contributed by atoms with Crippen LogP contribution in [0.5, 0.6) is 0 Å². The van der Waals surface area contributed by atoms with Gasteiger partial charge in [0, 0.05) is 20.1 Å². The molecular weight excluding hydrogens is 220 g/mol. The normalized spacial score (nSPS) is 16.9. The van der Waals surface area contributed by atoms with Crippen LogP contribution in [-0.4, -0.2) is 52.8 Å². The largest absolute Gasteiger partial charge is 0.383 e. The maximum absolute atomic E-state index is 12.0. The maximum Gasteiger partial charge on any atom is 0.293 e. The molecule has 1 fully saturated rings. The van der Waals surface area contributed by atoms with Crippen molar-refractivity contribution in [2.45, 2.75) is 31.7 Å². The first kappa shape index (κ1) is 12.0. The van der Waals surface area contributed by atoms with Crippen LogP contribution in [0, 0.1) is 0 Å². The number of H-pyrrole nitrogens is 1. The first-order valence-electron chi connectivity index (χ1n) is 5.82. The summed E-state index contributed by atoms with van der Waals surface area (Å²) in [6.45, 7) is 2.43. The summed E-state index contributed by atoms with van der Waals surface area (Å²) in [6, 6.07) is 0.00961. The number of likely N-dealkylation sites (N-methyl/N-ethyl adjacent to an activating group) is 1. The summed E-state index contributed by atoms with van der Waals surface area (Å²) in [7, 11) is 3.35. The van der Waals surface area contributed by atoms with Gasteiger partial charge in [0.1, 0.15) is 5.82 Å². The predicted octanol–water partition coefficient (Wildman–Crippen LogP) is 0.789. The second-order valence-electron chi connectivity index (χ2n) is 4.54. The zero-order valence-corrected chi connectivity index (χ0v) is 10.4. The molecule has 0 saturated heterocycles. The summed E-state index contributed by atoms with van der Waals surface area (Å²) in [5.41, 5.74) is 0. The second kappa shape index (κ2) is 4.83. The highest BCUT2D eigenvalue weighted by molar-refractivity contribution is 5.90. The molecule has 1 amide bonds. The molecule has 1 aliphatic carbocycles. The van der Waals surface area contributed by atoms with E-state index in [0.29, 0.717) is 12.5 Å². The third-order valence-corrected chi connectivity index (χ3v) is 3.05. The van der Waals surface area contributed by atoms with Gasteiger partial charge in [-0.15, -0.1) is 5.10 Å². The number of aromatic amines is 1. The molecule has 94 valence electrons. The molecule has 1 N–H and O–H groups in total. The SMILES string of the molecule is COCC(C)N(C)C(=O)c1n[nH]c(C2CC2)n1. The molecule has 1 heterocycles. The van der Waals surface area contributed by atoms with Gasteiger partial charge in [-0.2, -0.15) is 0 Å². The Hall–Kier alpha value is -1.43. The number of carbonyl (C=O) groups is 1. The van der Waals surface area contributed by atoms with Crippen molar-refractivity contribution in [1.82, 2.24) is 20.1 Å². The zero-order chi connectivity index (χ0) is 12.4. The molecule has 0 bridgehead atoms. The summed E-state index contributed by atoms with van der Waals surface area (Å²) in [4.78, 5) is 17.9. The maximum atomic E-state index is 12.0. The number of hydrogen-bond acceptors (Lipinski definition) is 4. The second-order valence-corrected chi connectivity index (χ2v) is 4.54. The van der Waals surface area contributed by atoms with Gasteiger partial charge in [-0.25, -0.2) is 4.98 Å². The van der Waals surface area contributed by atoms with Gasteiger partial charge >= 0.3 is 0 Å². The molecule has 1 aromatic rings. The van der Waals surface area contributed by atoms with Crippen molar-refractivity contribution in [3.05, 3.63) is 11.6 Å². The van der Waals surface area contributed by atoms with E-state index in [2.05, 4.69) is 15.2 Å². The van der Waals surface area contributed by atoms with Crippen molar-refractivity contribution < 1.29 is 9.53 Å². The lowest BCUT2D eigenvalue weighted by Gasteiger charge is -2.22. The fourth-order valence-corrected chi connectivity index (χ4v) is 1.62. The molecule has 17 heavy (non-hydrogen) atoms. The van der Waals surface area contributed by atoms with E-state index in [4.69, 9.17) is 4.74 Å². The fourth-order valence-electron chi connectivity index (χ4n) is 1.62. The van der Waals surface area contributed by atoms with E-state index in [-0.39, 0.29) is 17.8 Å².